The molecular formula is C16H24N2. The molecule has 1 aromatic rings. The molecule has 1 atom stereocenters. The molecule has 18 heavy (non-hydrogen) atoms. The maximum atomic E-state index is 4.64. The van der Waals surface area contributed by atoms with Crippen LogP contribution >= 0.6 is 0 Å². The van der Waals surface area contributed by atoms with Gasteiger partial charge in [0.15, 0.2) is 0 Å². The van der Waals surface area contributed by atoms with Crippen molar-refractivity contribution in [2.45, 2.75) is 46.6 Å². The van der Waals surface area contributed by atoms with Crippen LogP contribution in [0.2, 0.25) is 0 Å². The summed E-state index contributed by atoms with van der Waals surface area (Å²) < 4.78 is 0. The largest absolute Gasteiger partial charge is 0.330 e. The second-order valence-corrected chi connectivity index (χ2v) is 5.36. The smallest absolute Gasteiger partial charge is 0.0899 e. The second kappa shape index (κ2) is 5.55. The average Bonchev–Trinajstić information content (AvgIpc) is 2.87. The van der Waals surface area contributed by atoms with Crippen LogP contribution in [0.25, 0.3) is 0 Å². The van der Waals surface area contributed by atoms with E-state index in [0.29, 0.717) is 12.0 Å². The van der Waals surface area contributed by atoms with Gasteiger partial charge in [-0.1, -0.05) is 45.9 Å². The van der Waals surface area contributed by atoms with Gasteiger partial charge in [-0.05, 0) is 29.9 Å². The molecule has 1 aliphatic rings. The van der Waals surface area contributed by atoms with Gasteiger partial charge in [-0.25, -0.2) is 0 Å². The van der Waals surface area contributed by atoms with E-state index in [2.05, 4.69) is 55.8 Å². The first-order valence-electron chi connectivity index (χ1n) is 7.08. The molecule has 1 heterocycles. The molecule has 1 aliphatic heterocycles. The fourth-order valence-electron chi connectivity index (χ4n) is 2.58. The number of anilines is 1. The summed E-state index contributed by atoms with van der Waals surface area (Å²) in [6.45, 7) is 9.98. The van der Waals surface area contributed by atoms with Crippen molar-refractivity contribution < 1.29 is 0 Å². The molecule has 0 bridgehead atoms. The Bertz CT molecular complexity index is 412. The molecule has 2 rings (SSSR count). The molecule has 2 heteroatoms. The van der Waals surface area contributed by atoms with E-state index in [1.54, 1.807) is 0 Å². The van der Waals surface area contributed by atoms with Crippen LogP contribution in [0.4, 0.5) is 5.69 Å². The Morgan fingerprint density at radius 2 is 1.83 bits per heavy atom. The van der Waals surface area contributed by atoms with Crippen LogP contribution in [0.15, 0.2) is 23.2 Å². The Morgan fingerprint density at radius 3 is 2.28 bits per heavy atom. The Hall–Kier alpha value is -1.31. The molecule has 0 aliphatic carbocycles. The minimum Gasteiger partial charge on any atom is -0.330 e. The monoisotopic (exact) mass is 244 g/mol. The van der Waals surface area contributed by atoms with E-state index < -0.39 is 0 Å². The number of hydrogen-bond acceptors (Lipinski definition) is 2. The Morgan fingerprint density at radius 1 is 1.22 bits per heavy atom. The number of aliphatic imine (C=N–C) groups is 1. The molecule has 0 fully saturated rings. The van der Waals surface area contributed by atoms with Crippen LogP contribution in [0.3, 0.4) is 0 Å². The van der Waals surface area contributed by atoms with Gasteiger partial charge in [0.25, 0.3) is 0 Å². The SMILES string of the molecule is CCc1cccc(CC)c1N1C=N[C@@H](C(C)C)C1. The molecule has 0 amide bonds. The van der Waals surface area contributed by atoms with Crippen LogP contribution in [0.5, 0.6) is 0 Å². The van der Waals surface area contributed by atoms with E-state index in [4.69, 9.17) is 0 Å². The third kappa shape index (κ3) is 2.43. The van der Waals surface area contributed by atoms with E-state index in [1.807, 2.05) is 6.34 Å². The number of nitrogens with zero attached hydrogens (tertiary/aromatic N) is 2. The molecule has 0 unspecified atom stereocenters. The van der Waals surface area contributed by atoms with E-state index in [9.17, 15) is 0 Å². The number of hydrogen-bond donors (Lipinski definition) is 0. The molecule has 0 saturated heterocycles. The summed E-state index contributed by atoms with van der Waals surface area (Å²) in [5.41, 5.74) is 4.27. The van der Waals surface area contributed by atoms with Gasteiger partial charge in [0.05, 0.1) is 12.4 Å². The lowest BCUT2D eigenvalue weighted by Crippen LogP contribution is -2.27. The lowest BCUT2D eigenvalue weighted by Gasteiger charge is -2.23. The van der Waals surface area contributed by atoms with Crippen molar-refractivity contribution in [3.63, 3.8) is 0 Å². The molecule has 98 valence electrons. The molecule has 0 radical (unpaired) electrons. The number of para-hydroxylation sites is 1. The van der Waals surface area contributed by atoms with Gasteiger partial charge in [-0.3, -0.25) is 4.99 Å². The molecule has 0 spiro atoms. The van der Waals surface area contributed by atoms with Crippen molar-refractivity contribution in [2.75, 3.05) is 11.4 Å². The van der Waals surface area contributed by atoms with Crippen molar-refractivity contribution in [1.29, 1.82) is 0 Å². The van der Waals surface area contributed by atoms with Gasteiger partial charge in [0, 0.05) is 12.2 Å². The van der Waals surface area contributed by atoms with Crippen LogP contribution in [-0.2, 0) is 12.8 Å². The normalized spacial score (nSPS) is 18.9. The summed E-state index contributed by atoms with van der Waals surface area (Å²) in [5, 5.41) is 0. The summed E-state index contributed by atoms with van der Waals surface area (Å²) in [5.74, 6) is 0.616. The summed E-state index contributed by atoms with van der Waals surface area (Å²) >= 11 is 0. The Labute approximate surface area is 111 Å². The van der Waals surface area contributed by atoms with Crippen LogP contribution in [-0.4, -0.2) is 18.9 Å². The van der Waals surface area contributed by atoms with E-state index >= 15 is 0 Å². The standard InChI is InChI=1S/C16H24N2/c1-5-13-8-7-9-14(6-2)16(13)18-10-15(12(3)4)17-11-18/h7-9,11-12,15H,5-6,10H2,1-4H3/t15-/m1/s1. The van der Waals surface area contributed by atoms with Crippen molar-refractivity contribution in [3.8, 4) is 0 Å². The molecule has 0 saturated carbocycles. The fraction of sp³-hybridized carbons (Fsp3) is 0.562. The minimum absolute atomic E-state index is 0.444. The van der Waals surface area contributed by atoms with Gasteiger partial charge < -0.3 is 4.90 Å². The zero-order valence-electron chi connectivity index (χ0n) is 12.0. The van der Waals surface area contributed by atoms with Gasteiger partial charge >= 0.3 is 0 Å². The highest BCUT2D eigenvalue weighted by molar-refractivity contribution is 5.84. The lowest BCUT2D eigenvalue weighted by atomic mass is 10.0. The molecule has 1 aromatic carbocycles. The van der Waals surface area contributed by atoms with Crippen LogP contribution in [0, 0.1) is 5.92 Å². The van der Waals surface area contributed by atoms with Crippen molar-refractivity contribution in [2.24, 2.45) is 10.9 Å². The highest BCUT2D eigenvalue weighted by atomic mass is 15.2. The van der Waals surface area contributed by atoms with Gasteiger partial charge in [-0.2, -0.15) is 0 Å². The van der Waals surface area contributed by atoms with E-state index in [1.165, 1.54) is 16.8 Å². The van der Waals surface area contributed by atoms with Crippen LogP contribution < -0.4 is 4.90 Å². The first-order valence-corrected chi connectivity index (χ1v) is 7.08. The predicted molar refractivity (Wildman–Crippen MR) is 79.7 cm³/mol. The van der Waals surface area contributed by atoms with Crippen molar-refractivity contribution in [3.05, 3.63) is 29.3 Å². The Kier molecular flexibility index (Phi) is 4.05. The highest BCUT2D eigenvalue weighted by Crippen LogP contribution is 2.29. The summed E-state index contributed by atoms with van der Waals surface area (Å²) in [6.07, 6.45) is 4.21. The topological polar surface area (TPSA) is 15.6 Å². The van der Waals surface area contributed by atoms with E-state index in [0.717, 1.165) is 19.4 Å². The third-order valence-electron chi connectivity index (χ3n) is 3.80. The zero-order chi connectivity index (χ0) is 13.1. The first-order chi connectivity index (χ1) is 8.67. The average molecular weight is 244 g/mol. The summed E-state index contributed by atoms with van der Waals surface area (Å²) in [4.78, 5) is 6.99. The quantitative estimate of drug-likeness (QED) is 0.789. The third-order valence-corrected chi connectivity index (χ3v) is 3.80. The molecule has 0 N–H and O–H groups in total. The zero-order valence-corrected chi connectivity index (χ0v) is 12.0. The maximum Gasteiger partial charge on any atom is 0.0899 e. The molecule has 0 aromatic heterocycles. The maximum absolute atomic E-state index is 4.64. The van der Waals surface area contributed by atoms with Gasteiger partial charge in [0.2, 0.25) is 0 Å². The van der Waals surface area contributed by atoms with Crippen LogP contribution in [0.1, 0.15) is 38.8 Å². The summed E-state index contributed by atoms with van der Waals surface area (Å²) in [6, 6.07) is 7.10. The first kappa shape index (κ1) is 13.1. The predicted octanol–water partition coefficient (Wildman–Crippen LogP) is 3.68. The van der Waals surface area contributed by atoms with E-state index in [-0.39, 0.29) is 0 Å². The molecule has 2 nitrogen and oxygen atoms in total. The van der Waals surface area contributed by atoms with Crippen molar-refractivity contribution in [1.82, 2.24) is 0 Å². The fourth-order valence-corrected chi connectivity index (χ4v) is 2.58. The Balaban J connectivity index is 2.31. The second-order valence-electron chi connectivity index (χ2n) is 5.36. The molecular weight excluding hydrogens is 220 g/mol. The number of rotatable bonds is 4. The summed E-state index contributed by atoms with van der Waals surface area (Å²) in [7, 11) is 0. The minimum atomic E-state index is 0.444. The lowest BCUT2D eigenvalue weighted by molar-refractivity contribution is 0.521. The highest BCUT2D eigenvalue weighted by Gasteiger charge is 2.23. The van der Waals surface area contributed by atoms with Gasteiger partial charge in [0.1, 0.15) is 0 Å². The number of aryl methyl sites for hydroxylation is 2. The number of benzene rings is 1. The van der Waals surface area contributed by atoms with Crippen molar-refractivity contribution >= 4 is 12.0 Å². The van der Waals surface area contributed by atoms with Gasteiger partial charge in [-0.15, -0.1) is 0 Å².